The van der Waals surface area contributed by atoms with Crippen LogP contribution in [0.25, 0.3) is 0 Å². The Morgan fingerprint density at radius 2 is 1.94 bits per heavy atom. The van der Waals surface area contributed by atoms with Gasteiger partial charge in [-0.05, 0) is 6.92 Å². The van der Waals surface area contributed by atoms with E-state index in [0.29, 0.717) is 5.56 Å². The number of hydrogen-bond acceptors (Lipinski definition) is 4. The highest BCUT2D eigenvalue weighted by Crippen LogP contribution is 2.34. The number of ether oxygens (including phenoxy) is 2. The average molecular weight is 232 g/mol. The molecule has 0 fully saturated rings. The number of rotatable bonds is 2. The van der Waals surface area contributed by atoms with Crippen LogP contribution in [-0.2, 0) is 24.7 Å². The van der Waals surface area contributed by atoms with Gasteiger partial charge in [-0.3, -0.25) is 4.79 Å². The fraction of sp³-hybridized carbons (Fsp3) is 0.231. The van der Waals surface area contributed by atoms with Gasteiger partial charge < -0.3 is 9.47 Å². The van der Waals surface area contributed by atoms with Crippen LogP contribution in [0.1, 0.15) is 12.5 Å². The van der Waals surface area contributed by atoms with E-state index in [1.54, 1.807) is 19.1 Å². The molecule has 0 saturated carbocycles. The molecular weight excluding hydrogens is 220 g/mol. The van der Waals surface area contributed by atoms with Gasteiger partial charge in [-0.15, -0.1) is 0 Å². The third-order valence-corrected chi connectivity index (χ3v) is 2.76. The summed E-state index contributed by atoms with van der Waals surface area (Å²) in [4.78, 5) is 23.2. The fourth-order valence-electron chi connectivity index (χ4n) is 1.72. The standard InChI is InChI=1S/C13H12O4/c1-13(9-6-4-3-5-7-9)11(14)8-10(17-13)12(15)16-2/h3-8H,1-2H3/t13-/m0/s1. The molecule has 1 aliphatic heterocycles. The summed E-state index contributed by atoms with van der Waals surface area (Å²) in [6, 6.07) is 9.04. The van der Waals surface area contributed by atoms with Crippen molar-refractivity contribution in [3.05, 3.63) is 47.7 Å². The van der Waals surface area contributed by atoms with Crippen LogP contribution in [0.5, 0.6) is 0 Å². The van der Waals surface area contributed by atoms with Crippen molar-refractivity contribution < 1.29 is 19.1 Å². The molecule has 0 bridgehead atoms. The van der Waals surface area contributed by atoms with E-state index in [4.69, 9.17) is 4.74 Å². The van der Waals surface area contributed by atoms with Gasteiger partial charge in [0.1, 0.15) is 0 Å². The van der Waals surface area contributed by atoms with Crippen molar-refractivity contribution in [2.45, 2.75) is 12.5 Å². The number of hydrogen-bond donors (Lipinski definition) is 0. The summed E-state index contributed by atoms with van der Waals surface area (Å²) < 4.78 is 9.96. The fourth-order valence-corrected chi connectivity index (χ4v) is 1.72. The second-order valence-electron chi connectivity index (χ2n) is 3.87. The van der Waals surface area contributed by atoms with Crippen LogP contribution in [0, 0.1) is 0 Å². The number of carbonyl (C=O) groups is 2. The first-order valence-electron chi connectivity index (χ1n) is 5.17. The minimum Gasteiger partial charge on any atom is -0.467 e. The molecule has 1 heterocycles. The highest BCUT2D eigenvalue weighted by Gasteiger charge is 2.43. The number of esters is 1. The lowest BCUT2D eigenvalue weighted by Crippen LogP contribution is -2.30. The highest BCUT2D eigenvalue weighted by atomic mass is 16.6. The molecule has 1 aliphatic rings. The summed E-state index contributed by atoms with van der Waals surface area (Å²) in [5.74, 6) is -0.953. The Bertz CT molecular complexity index is 489. The largest absolute Gasteiger partial charge is 0.467 e. The van der Waals surface area contributed by atoms with E-state index in [9.17, 15) is 9.59 Å². The van der Waals surface area contributed by atoms with Gasteiger partial charge in [0.05, 0.1) is 7.11 Å². The van der Waals surface area contributed by atoms with Gasteiger partial charge in [-0.1, -0.05) is 30.3 Å². The SMILES string of the molecule is COC(=O)C1=CC(=O)[C@](C)(c2ccccc2)O1. The first-order valence-corrected chi connectivity index (χ1v) is 5.17. The molecule has 0 radical (unpaired) electrons. The minimum atomic E-state index is -1.13. The van der Waals surface area contributed by atoms with E-state index in [1.807, 2.05) is 18.2 Å². The summed E-state index contributed by atoms with van der Waals surface area (Å²) in [6.45, 7) is 1.64. The van der Waals surface area contributed by atoms with Crippen LogP contribution < -0.4 is 0 Å². The molecule has 0 saturated heterocycles. The molecule has 0 aliphatic carbocycles. The third-order valence-electron chi connectivity index (χ3n) is 2.76. The van der Waals surface area contributed by atoms with Crippen LogP contribution in [0.3, 0.4) is 0 Å². The molecule has 2 rings (SSSR count). The predicted molar refractivity (Wildman–Crippen MR) is 60.0 cm³/mol. The zero-order valence-corrected chi connectivity index (χ0v) is 9.60. The molecule has 4 heteroatoms. The number of ketones is 1. The zero-order valence-electron chi connectivity index (χ0n) is 9.60. The molecule has 0 amide bonds. The molecule has 0 unspecified atom stereocenters. The van der Waals surface area contributed by atoms with Crippen LogP contribution in [0.2, 0.25) is 0 Å². The summed E-state index contributed by atoms with van der Waals surface area (Å²) >= 11 is 0. The lowest BCUT2D eigenvalue weighted by Gasteiger charge is -2.23. The minimum absolute atomic E-state index is 0.0520. The highest BCUT2D eigenvalue weighted by molar-refractivity contribution is 6.06. The smallest absolute Gasteiger partial charge is 0.373 e. The number of carbonyl (C=O) groups excluding carboxylic acids is 2. The summed E-state index contributed by atoms with van der Waals surface area (Å²) in [5.41, 5.74) is -0.426. The van der Waals surface area contributed by atoms with Gasteiger partial charge in [-0.2, -0.15) is 0 Å². The number of benzene rings is 1. The second-order valence-corrected chi connectivity index (χ2v) is 3.87. The molecule has 1 aromatic rings. The third kappa shape index (κ3) is 1.82. The van der Waals surface area contributed by atoms with Crippen LogP contribution >= 0.6 is 0 Å². The molecule has 1 atom stereocenters. The second kappa shape index (κ2) is 4.05. The Kier molecular flexibility index (Phi) is 2.71. The molecule has 4 nitrogen and oxygen atoms in total. The van der Waals surface area contributed by atoms with Crippen molar-refractivity contribution >= 4 is 11.8 Å². The normalized spacial score (nSPS) is 22.9. The van der Waals surface area contributed by atoms with E-state index in [2.05, 4.69) is 4.74 Å². The molecule has 17 heavy (non-hydrogen) atoms. The maximum absolute atomic E-state index is 11.9. The molecule has 0 spiro atoms. The van der Waals surface area contributed by atoms with Crippen molar-refractivity contribution in [3.63, 3.8) is 0 Å². The molecule has 88 valence electrons. The topological polar surface area (TPSA) is 52.6 Å². The quantitative estimate of drug-likeness (QED) is 0.726. The Morgan fingerprint density at radius 1 is 1.29 bits per heavy atom. The Balaban J connectivity index is 2.33. The maximum atomic E-state index is 11.9. The monoisotopic (exact) mass is 232 g/mol. The van der Waals surface area contributed by atoms with Gasteiger partial charge in [0.2, 0.25) is 11.5 Å². The molecule has 1 aromatic carbocycles. The van der Waals surface area contributed by atoms with Gasteiger partial charge in [0.25, 0.3) is 0 Å². The molecule has 0 N–H and O–H groups in total. The van der Waals surface area contributed by atoms with E-state index >= 15 is 0 Å². The Labute approximate surface area is 98.8 Å². The zero-order chi connectivity index (χ0) is 12.5. The lowest BCUT2D eigenvalue weighted by atomic mass is 9.92. The maximum Gasteiger partial charge on any atom is 0.373 e. The van der Waals surface area contributed by atoms with Crippen molar-refractivity contribution in [2.75, 3.05) is 7.11 Å². The lowest BCUT2D eigenvalue weighted by molar-refractivity contribution is -0.144. The van der Waals surface area contributed by atoms with Gasteiger partial charge in [-0.25, -0.2) is 4.79 Å². The van der Waals surface area contributed by atoms with E-state index in [-0.39, 0.29) is 11.5 Å². The van der Waals surface area contributed by atoms with E-state index < -0.39 is 11.6 Å². The van der Waals surface area contributed by atoms with Crippen molar-refractivity contribution in [1.82, 2.24) is 0 Å². The first-order chi connectivity index (χ1) is 8.08. The van der Waals surface area contributed by atoms with Crippen molar-refractivity contribution in [3.8, 4) is 0 Å². The molecular formula is C13H12O4. The first kappa shape index (κ1) is 11.4. The summed E-state index contributed by atoms with van der Waals surface area (Å²) in [5, 5.41) is 0. The van der Waals surface area contributed by atoms with E-state index in [0.717, 1.165) is 0 Å². The average Bonchev–Trinajstić information content (AvgIpc) is 2.67. The van der Waals surface area contributed by atoms with Gasteiger partial charge >= 0.3 is 5.97 Å². The van der Waals surface area contributed by atoms with Gasteiger partial charge in [0.15, 0.2) is 5.60 Å². The van der Waals surface area contributed by atoms with Gasteiger partial charge in [0, 0.05) is 11.6 Å². The van der Waals surface area contributed by atoms with Crippen LogP contribution in [0.15, 0.2) is 42.2 Å². The summed E-state index contributed by atoms with van der Waals surface area (Å²) in [7, 11) is 1.25. The predicted octanol–water partition coefficient (Wildman–Crippen LogP) is 1.56. The number of methoxy groups -OCH3 is 1. The van der Waals surface area contributed by atoms with Crippen molar-refractivity contribution in [2.24, 2.45) is 0 Å². The summed E-state index contributed by atoms with van der Waals surface area (Å²) in [6.07, 6.45) is 1.18. The Morgan fingerprint density at radius 3 is 2.53 bits per heavy atom. The van der Waals surface area contributed by atoms with Crippen LogP contribution in [0.4, 0.5) is 0 Å². The van der Waals surface area contributed by atoms with E-state index in [1.165, 1.54) is 13.2 Å². The van der Waals surface area contributed by atoms with Crippen LogP contribution in [-0.4, -0.2) is 18.9 Å². The Hall–Kier alpha value is -2.10. The molecule has 0 aromatic heterocycles. The van der Waals surface area contributed by atoms with Crippen molar-refractivity contribution in [1.29, 1.82) is 0 Å².